The summed E-state index contributed by atoms with van der Waals surface area (Å²) in [5.41, 5.74) is 2.12. The summed E-state index contributed by atoms with van der Waals surface area (Å²) in [6, 6.07) is 15.2. The molecule has 1 aromatic heterocycles. The molecule has 2 aliphatic carbocycles. The lowest BCUT2D eigenvalue weighted by Crippen LogP contribution is -2.50. The van der Waals surface area contributed by atoms with E-state index in [9.17, 15) is 9.18 Å². The second-order valence-electron chi connectivity index (χ2n) is 9.37. The lowest BCUT2D eigenvalue weighted by atomic mass is 9.88. The number of hydrogen-bond acceptors (Lipinski definition) is 2. The Morgan fingerprint density at radius 3 is 2.12 bits per heavy atom. The number of para-hydroxylation sites is 2. The number of aromatic nitrogens is 2. The molecule has 0 atom stereocenters. The molecule has 1 heterocycles. The van der Waals surface area contributed by atoms with E-state index in [0.29, 0.717) is 23.5 Å². The van der Waals surface area contributed by atoms with Crippen LogP contribution in [0.25, 0.3) is 22.4 Å². The number of halogens is 1. The standard InChI is InChI=1S/C27H32FN3O/c28-23-16-8-7-15-22(23)27-29-24-17-9-10-18-25(24)30(27)19-26(32)31(20-11-3-1-4-12-20)21-13-5-2-6-14-21/h7-10,15-18,20-21H,1-6,11-14,19H2. The number of amides is 1. The second kappa shape index (κ2) is 9.43. The smallest absolute Gasteiger partial charge is 0.243 e. The number of rotatable bonds is 5. The zero-order valence-electron chi connectivity index (χ0n) is 18.7. The summed E-state index contributed by atoms with van der Waals surface area (Å²) in [7, 11) is 0. The van der Waals surface area contributed by atoms with Gasteiger partial charge in [-0.3, -0.25) is 4.79 Å². The number of fused-ring (bicyclic) bond motifs is 1. The molecule has 0 aliphatic heterocycles. The van der Waals surface area contributed by atoms with Crippen molar-refractivity contribution >= 4 is 16.9 Å². The first-order valence-electron chi connectivity index (χ1n) is 12.2. The molecule has 2 saturated carbocycles. The highest BCUT2D eigenvalue weighted by Gasteiger charge is 2.33. The maximum Gasteiger partial charge on any atom is 0.243 e. The molecule has 0 N–H and O–H groups in total. The van der Waals surface area contributed by atoms with Crippen LogP contribution >= 0.6 is 0 Å². The fourth-order valence-electron chi connectivity index (χ4n) is 5.72. The molecule has 0 spiro atoms. The third-order valence-electron chi connectivity index (χ3n) is 7.29. The minimum Gasteiger partial charge on any atom is -0.335 e. The van der Waals surface area contributed by atoms with Gasteiger partial charge in [-0.1, -0.05) is 62.8 Å². The van der Waals surface area contributed by atoms with Crippen molar-refractivity contribution in [1.29, 1.82) is 0 Å². The number of nitrogens with zero attached hydrogens (tertiary/aromatic N) is 3. The SMILES string of the molecule is O=C(Cn1c(-c2ccccc2F)nc2ccccc21)N(C1CCCCC1)C1CCCCC1. The van der Waals surface area contributed by atoms with Gasteiger partial charge in [0, 0.05) is 12.1 Å². The Balaban J connectivity index is 1.52. The van der Waals surface area contributed by atoms with E-state index in [-0.39, 0.29) is 18.3 Å². The summed E-state index contributed by atoms with van der Waals surface area (Å²) in [6.45, 7) is 0.206. The first kappa shape index (κ1) is 21.2. The van der Waals surface area contributed by atoms with Crippen LogP contribution in [-0.2, 0) is 11.3 Å². The molecule has 2 fully saturated rings. The zero-order valence-corrected chi connectivity index (χ0v) is 18.7. The first-order valence-corrected chi connectivity index (χ1v) is 12.2. The maximum atomic E-state index is 14.7. The Bertz CT molecular complexity index is 1060. The molecular formula is C27H32FN3O. The predicted octanol–water partition coefficient (Wildman–Crippen LogP) is 6.34. The van der Waals surface area contributed by atoms with E-state index in [2.05, 4.69) is 4.90 Å². The molecule has 168 valence electrons. The second-order valence-corrected chi connectivity index (χ2v) is 9.37. The number of carbonyl (C=O) groups excluding carboxylic acids is 1. The van der Waals surface area contributed by atoms with Crippen molar-refractivity contribution in [3.8, 4) is 11.4 Å². The quantitative estimate of drug-likeness (QED) is 0.471. The lowest BCUT2D eigenvalue weighted by Gasteiger charge is -2.42. The summed E-state index contributed by atoms with van der Waals surface area (Å²) in [5.74, 6) is 0.377. The van der Waals surface area contributed by atoms with Gasteiger partial charge in [-0.15, -0.1) is 0 Å². The Morgan fingerprint density at radius 1 is 0.875 bits per heavy atom. The van der Waals surface area contributed by atoms with Crippen LogP contribution in [0.1, 0.15) is 64.2 Å². The third kappa shape index (κ3) is 4.17. The first-order chi connectivity index (χ1) is 15.7. The molecule has 0 radical (unpaired) electrons. The van der Waals surface area contributed by atoms with Crippen molar-refractivity contribution in [3.63, 3.8) is 0 Å². The molecule has 1 amide bonds. The summed E-state index contributed by atoms with van der Waals surface area (Å²) >= 11 is 0. The van der Waals surface area contributed by atoms with Gasteiger partial charge in [-0.25, -0.2) is 9.37 Å². The molecule has 2 aromatic carbocycles. The third-order valence-corrected chi connectivity index (χ3v) is 7.29. The molecule has 4 nitrogen and oxygen atoms in total. The number of carbonyl (C=O) groups is 1. The van der Waals surface area contributed by atoms with Crippen LogP contribution in [0.3, 0.4) is 0 Å². The molecular weight excluding hydrogens is 401 g/mol. The fraction of sp³-hybridized carbons (Fsp3) is 0.481. The average molecular weight is 434 g/mol. The molecule has 0 bridgehead atoms. The molecule has 5 rings (SSSR count). The molecule has 0 saturated heterocycles. The molecule has 32 heavy (non-hydrogen) atoms. The summed E-state index contributed by atoms with van der Waals surface area (Å²) in [5, 5.41) is 0. The van der Waals surface area contributed by atoms with Gasteiger partial charge >= 0.3 is 0 Å². The normalized spacial score (nSPS) is 18.2. The Kier molecular flexibility index (Phi) is 6.24. The van der Waals surface area contributed by atoms with Crippen molar-refractivity contribution in [2.75, 3.05) is 0 Å². The van der Waals surface area contributed by atoms with Gasteiger partial charge < -0.3 is 9.47 Å². The highest BCUT2D eigenvalue weighted by atomic mass is 19.1. The minimum atomic E-state index is -0.312. The van der Waals surface area contributed by atoms with Gasteiger partial charge in [0.1, 0.15) is 18.2 Å². The van der Waals surface area contributed by atoms with E-state index < -0.39 is 0 Å². The highest BCUT2D eigenvalue weighted by molar-refractivity contribution is 5.85. The largest absolute Gasteiger partial charge is 0.335 e. The topological polar surface area (TPSA) is 38.1 Å². The van der Waals surface area contributed by atoms with Crippen molar-refractivity contribution in [3.05, 3.63) is 54.3 Å². The summed E-state index contributed by atoms with van der Waals surface area (Å²) in [6.07, 6.45) is 11.8. The van der Waals surface area contributed by atoms with Crippen molar-refractivity contribution in [1.82, 2.24) is 14.5 Å². The zero-order chi connectivity index (χ0) is 21.9. The average Bonchev–Trinajstić information content (AvgIpc) is 3.19. The number of hydrogen-bond donors (Lipinski definition) is 0. The van der Waals surface area contributed by atoms with Crippen LogP contribution < -0.4 is 0 Å². The van der Waals surface area contributed by atoms with Crippen LogP contribution in [-0.4, -0.2) is 32.4 Å². The summed E-state index contributed by atoms with van der Waals surface area (Å²) in [4.78, 5) is 20.9. The van der Waals surface area contributed by atoms with Gasteiger partial charge in [0.05, 0.1) is 16.6 Å². The minimum absolute atomic E-state index is 0.157. The van der Waals surface area contributed by atoms with Gasteiger partial charge in [-0.2, -0.15) is 0 Å². The van der Waals surface area contributed by atoms with Gasteiger partial charge in [0.2, 0.25) is 5.91 Å². The Labute approximate surface area is 189 Å². The monoisotopic (exact) mass is 433 g/mol. The van der Waals surface area contributed by atoms with Crippen LogP contribution in [0.4, 0.5) is 4.39 Å². The van der Waals surface area contributed by atoms with Crippen molar-refractivity contribution in [2.24, 2.45) is 0 Å². The van der Waals surface area contributed by atoms with Crippen LogP contribution in [0.2, 0.25) is 0 Å². The maximum absolute atomic E-state index is 14.7. The Morgan fingerprint density at radius 2 is 1.47 bits per heavy atom. The molecule has 3 aromatic rings. The predicted molar refractivity (Wildman–Crippen MR) is 126 cm³/mol. The van der Waals surface area contributed by atoms with Gasteiger partial charge in [-0.05, 0) is 49.9 Å². The van der Waals surface area contributed by atoms with E-state index in [1.54, 1.807) is 12.1 Å². The van der Waals surface area contributed by atoms with E-state index in [0.717, 1.165) is 36.7 Å². The molecule has 0 unspecified atom stereocenters. The van der Waals surface area contributed by atoms with E-state index in [1.807, 2.05) is 34.9 Å². The van der Waals surface area contributed by atoms with E-state index in [1.165, 1.54) is 44.6 Å². The fourth-order valence-corrected chi connectivity index (χ4v) is 5.72. The van der Waals surface area contributed by atoms with E-state index in [4.69, 9.17) is 4.98 Å². The number of imidazole rings is 1. The number of benzene rings is 2. The molecule has 2 aliphatic rings. The van der Waals surface area contributed by atoms with Crippen molar-refractivity contribution < 1.29 is 9.18 Å². The summed E-state index contributed by atoms with van der Waals surface area (Å²) < 4.78 is 16.6. The van der Waals surface area contributed by atoms with Crippen molar-refractivity contribution in [2.45, 2.75) is 82.8 Å². The van der Waals surface area contributed by atoms with Gasteiger partial charge in [0.25, 0.3) is 0 Å². The Hall–Kier alpha value is -2.69. The lowest BCUT2D eigenvalue weighted by molar-refractivity contribution is -0.138. The van der Waals surface area contributed by atoms with Crippen LogP contribution in [0.5, 0.6) is 0 Å². The van der Waals surface area contributed by atoms with E-state index >= 15 is 0 Å². The van der Waals surface area contributed by atoms with Crippen LogP contribution in [0, 0.1) is 5.82 Å². The van der Waals surface area contributed by atoms with Crippen LogP contribution in [0.15, 0.2) is 48.5 Å². The molecule has 5 heteroatoms. The highest BCUT2D eigenvalue weighted by Crippen LogP contribution is 2.32. The van der Waals surface area contributed by atoms with Gasteiger partial charge in [0.15, 0.2) is 0 Å².